The van der Waals surface area contributed by atoms with Crippen LogP contribution in [-0.2, 0) is 16.1 Å². The Morgan fingerprint density at radius 2 is 1.94 bits per heavy atom. The fourth-order valence-electron chi connectivity index (χ4n) is 4.65. The topological polar surface area (TPSA) is 104 Å². The Labute approximate surface area is 201 Å². The molecule has 0 fully saturated rings. The van der Waals surface area contributed by atoms with Crippen molar-refractivity contribution in [1.82, 2.24) is 19.1 Å². The SMILES string of the molecule is O=C(CC1C(=O)N(CCCn2ccnc2)c2nc3ccccc3n21)Nc1ccc2c(c1)OCCO2. The van der Waals surface area contributed by atoms with Crippen molar-refractivity contribution in [2.24, 2.45) is 0 Å². The standard InChI is InChI=1S/C25H24N6O4/c32-23(27-17-6-7-21-22(14-17)35-13-12-34-21)15-20-24(33)30(10-3-9-29-11-8-26-16-29)25-28-18-4-1-2-5-19(18)31(20)25/h1-2,4-8,11,14,16,20H,3,9-10,12-13,15H2,(H,27,32). The van der Waals surface area contributed by atoms with E-state index in [2.05, 4.69) is 10.3 Å². The van der Waals surface area contributed by atoms with Gasteiger partial charge in [-0.05, 0) is 30.7 Å². The Balaban J connectivity index is 1.22. The quantitative estimate of drug-likeness (QED) is 0.444. The Kier molecular flexibility index (Phi) is 5.32. The van der Waals surface area contributed by atoms with E-state index < -0.39 is 6.04 Å². The number of anilines is 2. The number of nitrogens with one attached hydrogen (secondary N) is 1. The summed E-state index contributed by atoms with van der Waals surface area (Å²) in [5, 5.41) is 2.90. The molecule has 10 heteroatoms. The molecule has 4 heterocycles. The summed E-state index contributed by atoms with van der Waals surface area (Å²) in [5.74, 6) is 1.45. The molecule has 1 unspecified atom stereocenters. The van der Waals surface area contributed by atoms with Crippen molar-refractivity contribution in [2.45, 2.75) is 25.4 Å². The molecule has 1 atom stereocenters. The molecule has 0 bridgehead atoms. The number of aromatic nitrogens is 4. The van der Waals surface area contributed by atoms with Gasteiger partial charge >= 0.3 is 0 Å². The molecule has 2 aliphatic rings. The number of para-hydroxylation sites is 2. The average molecular weight is 473 g/mol. The van der Waals surface area contributed by atoms with E-state index in [1.54, 1.807) is 35.6 Å². The van der Waals surface area contributed by atoms with Crippen LogP contribution in [-0.4, -0.2) is 50.7 Å². The van der Waals surface area contributed by atoms with Gasteiger partial charge in [-0.15, -0.1) is 0 Å². The van der Waals surface area contributed by atoms with Gasteiger partial charge in [0.15, 0.2) is 11.5 Å². The fourth-order valence-corrected chi connectivity index (χ4v) is 4.65. The van der Waals surface area contributed by atoms with E-state index in [9.17, 15) is 9.59 Å². The van der Waals surface area contributed by atoms with Gasteiger partial charge in [0.05, 0.1) is 23.8 Å². The van der Waals surface area contributed by atoms with Crippen LogP contribution in [0.1, 0.15) is 18.9 Å². The zero-order chi connectivity index (χ0) is 23.8. The number of imidazole rings is 2. The Morgan fingerprint density at radius 1 is 1.09 bits per heavy atom. The molecule has 1 N–H and O–H groups in total. The number of amides is 2. The van der Waals surface area contributed by atoms with Crippen molar-refractivity contribution in [3.63, 3.8) is 0 Å². The molecule has 2 aliphatic heterocycles. The average Bonchev–Trinajstić information content (AvgIpc) is 3.57. The summed E-state index contributed by atoms with van der Waals surface area (Å²) in [7, 11) is 0. The maximum atomic E-state index is 13.5. The number of carbonyl (C=O) groups is 2. The van der Waals surface area contributed by atoms with Crippen molar-refractivity contribution >= 4 is 34.5 Å². The van der Waals surface area contributed by atoms with Crippen molar-refractivity contribution < 1.29 is 19.1 Å². The molecule has 178 valence electrons. The second-order valence-electron chi connectivity index (χ2n) is 8.54. The Hall–Kier alpha value is -4.34. The van der Waals surface area contributed by atoms with Crippen LogP contribution in [0.25, 0.3) is 11.0 Å². The van der Waals surface area contributed by atoms with Crippen molar-refractivity contribution in [1.29, 1.82) is 0 Å². The number of ether oxygens (including phenoxy) is 2. The molecule has 0 saturated carbocycles. The maximum absolute atomic E-state index is 13.5. The van der Waals surface area contributed by atoms with Gasteiger partial charge in [-0.25, -0.2) is 9.97 Å². The predicted molar refractivity (Wildman–Crippen MR) is 129 cm³/mol. The van der Waals surface area contributed by atoms with Gasteiger partial charge in [0.25, 0.3) is 5.91 Å². The van der Waals surface area contributed by atoms with Crippen LogP contribution in [0.5, 0.6) is 11.5 Å². The molecule has 10 nitrogen and oxygen atoms in total. The highest BCUT2D eigenvalue weighted by atomic mass is 16.6. The van der Waals surface area contributed by atoms with Crippen LogP contribution in [0.4, 0.5) is 11.6 Å². The van der Waals surface area contributed by atoms with E-state index in [-0.39, 0.29) is 18.2 Å². The summed E-state index contributed by atoms with van der Waals surface area (Å²) in [6.07, 6.45) is 6.12. The number of hydrogen-bond donors (Lipinski definition) is 1. The molecule has 0 radical (unpaired) electrons. The minimum absolute atomic E-state index is 0.00134. The molecule has 0 aliphatic carbocycles. The lowest BCUT2D eigenvalue weighted by Crippen LogP contribution is -2.32. The first-order valence-electron chi connectivity index (χ1n) is 11.6. The third kappa shape index (κ3) is 3.96. The Bertz CT molecular complexity index is 1400. The van der Waals surface area contributed by atoms with E-state index >= 15 is 0 Å². The lowest BCUT2D eigenvalue weighted by atomic mass is 10.1. The smallest absolute Gasteiger partial charge is 0.253 e. The maximum Gasteiger partial charge on any atom is 0.253 e. The van der Waals surface area contributed by atoms with Gasteiger partial charge in [-0.2, -0.15) is 0 Å². The summed E-state index contributed by atoms with van der Waals surface area (Å²) in [6.45, 7) is 2.20. The molecular formula is C25H24N6O4. The molecule has 2 amide bonds. The van der Waals surface area contributed by atoms with Crippen LogP contribution in [0.3, 0.4) is 0 Å². The Morgan fingerprint density at radius 3 is 2.80 bits per heavy atom. The molecule has 4 aromatic rings. The van der Waals surface area contributed by atoms with Crippen LogP contribution in [0.2, 0.25) is 0 Å². The first kappa shape index (κ1) is 21.2. The lowest BCUT2D eigenvalue weighted by Gasteiger charge is -2.19. The predicted octanol–water partition coefficient (Wildman–Crippen LogP) is 3.01. The number of aryl methyl sites for hydroxylation is 1. The number of fused-ring (bicyclic) bond motifs is 4. The zero-order valence-electron chi connectivity index (χ0n) is 19.0. The van der Waals surface area contributed by atoms with Gasteiger partial charge < -0.3 is 19.4 Å². The third-order valence-corrected chi connectivity index (χ3v) is 6.24. The van der Waals surface area contributed by atoms with E-state index in [4.69, 9.17) is 14.5 Å². The van der Waals surface area contributed by atoms with Crippen molar-refractivity contribution in [3.8, 4) is 11.5 Å². The lowest BCUT2D eigenvalue weighted by molar-refractivity contribution is -0.124. The minimum atomic E-state index is -0.664. The van der Waals surface area contributed by atoms with Gasteiger partial charge in [0.2, 0.25) is 11.9 Å². The third-order valence-electron chi connectivity index (χ3n) is 6.24. The van der Waals surface area contributed by atoms with E-state index in [0.29, 0.717) is 42.9 Å². The van der Waals surface area contributed by atoms with E-state index in [1.807, 2.05) is 39.6 Å². The number of benzene rings is 2. The highest BCUT2D eigenvalue weighted by Crippen LogP contribution is 2.37. The van der Waals surface area contributed by atoms with Crippen LogP contribution in [0, 0.1) is 0 Å². The normalized spacial score (nSPS) is 16.5. The van der Waals surface area contributed by atoms with Gasteiger partial charge in [-0.1, -0.05) is 12.1 Å². The van der Waals surface area contributed by atoms with E-state index in [1.165, 1.54) is 0 Å². The molecular weight excluding hydrogens is 448 g/mol. The van der Waals surface area contributed by atoms with Crippen molar-refractivity contribution in [3.05, 3.63) is 61.2 Å². The summed E-state index contributed by atoms with van der Waals surface area (Å²) < 4.78 is 15.0. The molecule has 0 spiro atoms. The van der Waals surface area contributed by atoms with Crippen LogP contribution in [0.15, 0.2) is 61.2 Å². The monoisotopic (exact) mass is 472 g/mol. The fraction of sp³-hybridized carbons (Fsp3) is 0.280. The summed E-state index contributed by atoms with van der Waals surface area (Å²) in [4.78, 5) is 37.0. The highest BCUT2D eigenvalue weighted by Gasteiger charge is 2.40. The summed E-state index contributed by atoms with van der Waals surface area (Å²) >= 11 is 0. The highest BCUT2D eigenvalue weighted by molar-refractivity contribution is 6.05. The number of rotatable bonds is 7. The molecule has 2 aromatic carbocycles. The summed E-state index contributed by atoms with van der Waals surface area (Å²) in [5.41, 5.74) is 2.23. The number of hydrogen-bond acceptors (Lipinski definition) is 6. The summed E-state index contributed by atoms with van der Waals surface area (Å²) in [6, 6.07) is 12.3. The number of carbonyl (C=O) groups excluding carboxylic acids is 2. The molecule has 2 aromatic heterocycles. The first-order chi connectivity index (χ1) is 17.2. The molecule has 0 saturated heterocycles. The van der Waals surface area contributed by atoms with Gasteiger partial charge in [0.1, 0.15) is 19.3 Å². The van der Waals surface area contributed by atoms with Crippen molar-refractivity contribution in [2.75, 3.05) is 30.0 Å². The van der Waals surface area contributed by atoms with E-state index in [0.717, 1.165) is 24.0 Å². The zero-order valence-corrected chi connectivity index (χ0v) is 19.0. The first-order valence-corrected chi connectivity index (χ1v) is 11.6. The minimum Gasteiger partial charge on any atom is -0.486 e. The van der Waals surface area contributed by atoms with Crippen LogP contribution < -0.4 is 19.7 Å². The molecule has 6 rings (SSSR count). The second-order valence-corrected chi connectivity index (χ2v) is 8.54. The molecule has 35 heavy (non-hydrogen) atoms. The number of nitrogens with zero attached hydrogens (tertiary/aromatic N) is 5. The second kappa shape index (κ2) is 8.79. The largest absolute Gasteiger partial charge is 0.486 e. The van der Waals surface area contributed by atoms with Crippen LogP contribution >= 0.6 is 0 Å². The van der Waals surface area contributed by atoms with Gasteiger partial charge in [-0.3, -0.25) is 19.1 Å². The van der Waals surface area contributed by atoms with Gasteiger partial charge in [0, 0.05) is 37.2 Å².